The van der Waals surface area contributed by atoms with Crippen molar-refractivity contribution >= 4 is 0 Å². The van der Waals surface area contributed by atoms with Crippen LogP contribution < -0.4 is 4.74 Å². The van der Waals surface area contributed by atoms with Gasteiger partial charge in [-0.05, 0) is 49.1 Å². The fourth-order valence-electron chi connectivity index (χ4n) is 2.69. The molecule has 0 atom stereocenters. The molecule has 0 aliphatic heterocycles. The number of rotatable bonds is 3. The second kappa shape index (κ2) is 5.51. The van der Waals surface area contributed by atoms with Gasteiger partial charge in [-0.25, -0.2) is 4.39 Å². The van der Waals surface area contributed by atoms with E-state index in [-0.39, 0.29) is 13.1 Å². The summed E-state index contributed by atoms with van der Waals surface area (Å²) in [4.78, 5) is 0. The number of hydrogen-bond acceptors (Lipinski definition) is 1. The average Bonchev–Trinajstić information content (AvgIpc) is 2.42. The molecule has 1 nitrogen and oxygen atoms in total. The SMILES string of the molecule is C=CC1CCC(c2ccc(OC)c(F)c2F)CC1.[HH]. The Hall–Kier alpha value is -1.38. The van der Waals surface area contributed by atoms with E-state index >= 15 is 0 Å². The third-order valence-corrected chi connectivity index (χ3v) is 3.84. The monoisotopic (exact) mass is 254 g/mol. The molecule has 1 aliphatic rings. The van der Waals surface area contributed by atoms with Crippen LogP contribution in [-0.2, 0) is 0 Å². The molecule has 1 aromatic rings. The molecule has 100 valence electrons. The largest absolute Gasteiger partial charge is 0.494 e. The summed E-state index contributed by atoms with van der Waals surface area (Å²) in [5.74, 6) is -1.03. The van der Waals surface area contributed by atoms with E-state index < -0.39 is 11.6 Å². The molecule has 0 heterocycles. The van der Waals surface area contributed by atoms with Gasteiger partial charge in [0.2, 0.25) is 5.82 Å². The van der Waals surface area contributed by atoms with Gasteiger partial charge in [0.05, 0.1) is 7.11 Å². The highest BCUT2D eigenvalue weighted by Crippen LogP contribution is 2.38. The first-order valence-electron chi connectivity index (χ1n) is 6.31. The zero-order chi connectivity index (χ0) is 13.1. The topological polar surface area (TPSA) is 9.23 Å². The molecule has 1 aliphatic carbocycles. The highest BCUT2D eigenvalue weighted by Gasteiger charge is 2.25. The highest BCUT2D eigenvalue weighted by molar-refractivity contribution is 5.33. The van der Waals surface area contributed by atoms with Gasteiger partial charge in [-0.1, -0.05) is 12.1 Å². The van der Waals surface area contributed by atoms with Crippen LogP contribution in [0.2, 0.25) is 0 Å². The Bertz CT molecular complexity index is 440. The smallest absolute Gasteiger partial charge is 0.200 e. The van der Waals surface area contributed by atoms with Crippen molar-refractivity contribution in [3.63, 3.8) is 0 Å². The van der Waals surface area contributed by atoms with E-state index in [1.54, 1.807) is 6.07 Å². The van der Waals surface area contributed by atoms with E-state index in [1.807, 2.05) is 6.08 Å². The molecule has 0 amide bonds. The molecule has 1 saturated carbocycles. The molecule has 0 saturated heterocycles. The second-order valence-corrected chi connectivity index (χ2v) is 4.83. The lowest BCUT2D eigenvalue weighted by atomic mass is 9.78. The predicted octanol–water partition coefficient (Wildman–Crippen LogP) is 4.68. The van der Waals surface area contributed by atoms with E-state index in [1.165, 1.54) is 13.2 Å². The van der Waals surface area contributed by atoms with Crippen molar-refractivity contribution in [3.05, 3.63) is 42.0 Å². The van der Waals surface area contributed by atoms with Crippen molar-refractivity contribution in [3.8, 4) is 5.75 Å². The minimum absolute atomic E-state index is 0. The summed E-state index contributed by atoms with van der Waals surface area (Å²) in [7, 11) is 1.34. The number of allylic oxidation sites excluding steroid dienone is 1. The van der Waals surface area contributed by atoms with Gasteiger partial charge < -0.3 is 4.74 Å². The van der Waals surface area contributed by atoms with Crippen LogP contribution in [0.3, 0.4) is 0 Å². The zero-order valence-electron chi connectivity index (χ0n) is 10.6. The summed E-state index contributed by atoms with van der Waals surface area (Å²) in [6, 6.07) is 3.16. The van der Waals surface area contributed by atoms with Crippen LogP contribution >= 0.6 is 0 Å². The molecule has 0 aromatic heterocycles. The van der Waals surface area contributed by atoms with Crippen LogP contribution in [0.1, 0.15) is 38.6 Å². The molecule has 3 heteroatoms. The summed E-state index contributed by atoms with van der Waals surface area (Å²) < 4.78 is 32.4. The normalized spacial score (nSPS) is 23.7. The third kappa shape index (κ3) is 2.40. The van der Waals surface area contributed by atoms with Crippen molar-refractivity contribution in [1.29, 1.82) is 0 Å². The fraction of sp³-hybridized carbons (Fsp3) is 0.467. The van der Waals surface area contributed by atoms with E-state index in [9.17, 15) is 8.78 Å². The Labute approximate surface area is 108 Å². The van der Waals surface area contributed by atoms with Crippen LogP contribution in [0, 0.1) is 17.6 Å². The molecule has 2 rings (SSSR count). The first kappa shape index (κ1) is 13.1. The maximum atomic E-state index is 13.9. The van der Waals surface area contributed by atoms with Crippen LogP contribution in [0.25, 0.3) is 0 Å². The third-order valence-electron chi connectivity index (χ3n) is 3.84. The van der Waals surface area contributed by atoms with Gasteiger partial charge in [0.1, 0.15) is 0 Å². The Balaban J connectivity index is 0.00000180. The average molecular weight is 254 g/mol. The molecule has 0 N–H and O–H groups in total. The lowest BCUT2D eigenvalue weighted by Crippen LogP contribution is -2.13. The summed E-state index contributed by atoms with van der Waals surface area (Å²) in [5, 5.41) is 0. The maximum Gasteiger partial charge on any atom is 0.200 e. The van der Waals surface area contributed by atoms with Crippen LogP contribution in [0.4, 0.5) is 8.78 Å². The maximum absolute atomic E-state index is 13.9. The molecule has 0 spiro atoms. The van der Waals surface area contributed by atoms with Crippen LogP contribution in [0.15, 0.2) is 24.8 Å². The Kier molecular flexibility index (Phi) is 4.00. The summed E-state index contributed by atoms with van der Waals surface area (Å²) in [6.07, 6.45) is 5.74. The van der Waals surface area contributed by atoms with Crippen molar-refractivity contribution in [2.24, 2.45) is 5.92 Å². The van der Waals surface area contributed by atoms with E-state index in [2.05, 4.69) is 6.58 Å². The minimum Gasteiger partial charge on any atom is -0.494 e. The lowest BCUT2D eigenvalue weighted by Gasteiger charge is -2.27. The standard InChI is InChI=1S/C15H18F2O.H2/c1-3-10-4-6-11(7-5-10)12-8-9-13(18-2)15(17)14(12)16;/h3,8-11H,1,4-7H2,2H3;1H. The first-order chi connectivity index (χ1) is 8.67. The molecule has 1 fully saturated rings. The quantitative estimate of drug-likeness (QED) is 0.712. The Morgan fingerprint density at radius 3 is 2.44 bits per heavy atom. The molecule has 0 unspecified atom stereocenters. The van der Waals surface area contributed by atoms with Crippen molar-refractivity contribution in [1.82, 2.24) is 0 Å². The summed E-state index contributed by atoms with van der Waals surface area (Å²) in [6.45, 7) is 3.79. The molecule has 18 heavy (non-hydrogen) atoms. The van der Waals surface area contributed by atoms with Crippen molar-refractivity contribution < 1.29 is 14.9 Å². The Morgan fingerprint density at radius 2 is 1.89 bits per heavy atom. The molecular formula is C15H20F2O. The predicted molar refractivity (Wildman–Crippen MR) is 69.9 cm³/mol. The van der Waals surface area contributed by atoms with Gasteiger partial charge in [0.15, 0.2) is 11.6 Å². The number of hydrogen-bond donors (Lipinski definition) is 0. The van der Waals surface area contributed by atoms with Crippen LogP contribution in [0.5, 0.6) is 5.75 Å². The zero-order valence-corrected chi connectivity index (χ0v) is 10.6. The van der Waals surface area contributed by atoms with Gasteiger partial charge in [-0.15, -0.1) is 6.58 Å². The van der Waals surface area contributed by atoms with Crippen molar-refractivity contribution in [2.75, 3.05) is 7.11 Å². The molecule has 1 aromatic carbocycles. The summed E-state index contributed by atoms with van der Waals surface area (Å²) >= 11 is 0. The summed E-state index contributed by atoms with van der Waals surface area (Å²) in [5.41, 5.74) is 0.482. The number of methoxy groups -OCH3 is 1. The molecule has 0 radical (unpaired) electrons. The van der Waals surface area contributed by atoms with Crippen molar-refractivity contribution in [2.45, 2.75) is 31.6 Å². The number of ether oxygens (including phenoxy) is 1. The minimum atomic E-state index is -0.874. The van der Waals surface area contributed by atoms with Gasteiger partial charge in [-0.2, -0.15) is 4.39 Å². The highest BCUT2D eigenvalue weighted by atomic mass is 19.2. The molecular weight excluding hydrogens is 234 g/mol. The van der Waals surface area contributed by atoms with Crippen LogP contribution in [-0.4, -0.2) is 7.11 Å². The Morgan fingerprint density at radius 1 is 1.22 bits per heavy atom. The number of halogens is 2. The van der Waals surface area contributed by atoms with Gasteiger partial charge in [0.25, 0.3) is 0 Å². The second-order valence-electron chi connectivity index (χ2n) is 4.83. The van der Waals surface area contributed by atoms with E-state index in [0.717, 1.165) is 25.7 Å². The first-order valence-corrected chi connectivity index (χ1v) is 6.31. The van der Waals surface area contributed by atoms with E-state index in [4.69, 9.17) is 4.74 Å². The van der Waals surface area contributed by atoms with E-state index in [0.29, 0.717) is 11.5 Å². The van der Waals surface area contributed by atoms with Gasteiger partial charge in [0, 0.05) is 1.43 Å². The molecule has 0 bridgehead atoms. The fourth-order valence-corrected chi connectivity index (χ4v) is 2.69. The van der Waals surface area contributed by atoms with Gasteiger partial charge >= 0.3 is 0 Å². The van der Waals surface area contributed by atoms with Gasteiger partial charge in [-0.3, -0.25) is 0 Å². The number of benzene rings is 1. The lowest BCUT2D eigenvalue weighted by molar-refractivity contribution is 0.350.